The summed E-state index contributed by atoms with van der Waals surface area (Å²) in [6.45, 7) is 5.40. The normalized spacial score (nSPS) is 11.2. The summed E-state index contributed by atoms with van der Waals surface area (Å²) in [5.74, 6) is 0.290. The Kier molecular flexibility index (Phi) is 4.18. The highest BCUT2D eigenvalue weighted by molar-refractivity contribution is 7.87. The molecule has 0 aliphatic carbocycles. The lowest BCUT2D eigenvalue weighted by Gasteiger charge is -2.13. The summed E-state index contributed by atoms with van der Waals surface area (Å²) in [6, 6.07) is 8.25. The Balaban J connectivity index is 2.40. The fourth-order valence-corrected chi connectivity index (χ4v) is 2.99. The summed E-state index contributed by atoms with van der Waals surface area (Å²) >= 11 is 0. The van der Waals surface area contributed by atoms with Gasteiger partial charge in [-0.25, -0.2) is 0 Å². The first kappa shape index (κ1) is 16.0. The number of hydrogen-bond acceptors (Lipinski definition) is 5. The van der Waals surface area contributed by atoms with Gasteiger partial charge in [-0.15, -0.1) is 0 Å². The first-order valence-corrected chi connectivity index (χ1v) is 7.89. The molecule has 0 saturated heterocycles. The van der Waals surface area contributed by atoms with Crippen molar-refractivity contribution in [2.24, 2.45) is 0 Å². The van der Waals surface area contributed by atoms with Crippen molar-refractivity contribution in [3.8, 4) is 5.75 Å². The molecule has 0 unspecified atom stereocenters. The van der Waals surface area contributed by atoms with Crippen molar-refractivity contribution < 1.29 is 17.5 Å². The molecule has 0 N–H and O–H groups in total. The molecule has 7 heteroatoms. The number of nitro benzene ring substituents is 1. The van der Waals surface area contributed by atoms with Crippen LogP contribution in [0.3, 0.4) is 0 Å². The Morgan fingerprint density at radius 3 is 2.05 bits per heavy atom. The van der Waals surface area contributed by atoms with Crippen LogP contribution in [0.1, 0.15) is 16.7 Å². The maximum absolute atomic E-state index is 12.3. The minimum atomic E-state index is -4.04. The molecule has 22 heavy (non-hydrogen) atoms. The van der Waals surface area contributed by atoms with Crippen molar-refractivity contribution in [3.05, 3.63) is 63.2 Å². The highest BCUT2D eigenvalue weighted by Crippen LogP contribution is 2.29. The van der Waals surface area contributed by atoms with Gasteiger partial charge in [0.1, 0.15) is 10.6 Å². The molecule has 0 saturated carbocycles. The number of hydrogen-bond donors (Lipinski definition) is 0. The van der Waals surface area contributed by atoms with Gasteiger partial charge in [0.25, 0.3) is 5.69 Å². The summed E-state index contributed by atoms with van der Waals surface area (Å²) < 4.78 is 29.8. The number of nitro groups is 1. The highest BCUT2D eigenvalue weighted by atomic mass is 32.2. The largest absolute Gasteiger partial charge is 0.378 e. The smallest absolute Gasteiger partial charge is 0.339 e. The van der Waals surface area contributed by atoms with Gasteiger partial charge >= 0.3 is 10.1 Å². The number of nitrogens with zero attached hydrogens (tertiary/aromatic N) is 1. The molecule has 0 spiro atoms. The Morgan fingerprint density at radius 1 is 0.955 bits per heavy atom. The van der Waals surface area contributed by atoms with Gasteiger partial charge in [0.15, 0.2) is 0 Å². The Labute approximate surface area is 128 Å². The summed E-state index contributed by atoms with van der Waals surface area (Å²) in [5.41, 5.74) is 2.18. The van der Waals surface area contributed by atoms with E-state index >= 15 is 0 Å². The first-order valence-electron chi connectivity index (χ1n) is 6.48. The molecule has 0 amide bonds. The van der Waals surface area contributed by atoms with Crippen LogP contribution in [0.5, 0.6) is 5.75 Å². The molecule has 0 radical (unpaired) electrons. The summed E-state index contributed by atoms with van der Waals surface area (Å²) in [5, 5.41) is 10.6. The van der Waals surface area contributed by atoms with Crippen molar-refractivity contribution in [2.75, 3.05) is 0 Å². The zero-order valence-electron chi connectivity index (χ0n) is 12.4. The van der Waals surface area contributed by atoms with E-state index in [1.165, 1.54) is 0 Å². The Morgan fingerprint density at radius 2 is 1.50 bits per heavy atom. The third-order valence-electron chi connectivity index (χ3n) is 3.40. The van der Waals surface area contributed by atoms with Crippen LogP contribution in [0.4, 0.5) is 5.69 Å². The van der Waals surface area contributed by atoms with Crippen LogP contribution in [0.25, 0.3) is 0 Å². The Hall–Kier alpha value is -2.41. The average molecular weight is 321 g/mol. The molecule has 0 aromatic heterocycles. The molecular formula is C15H15NO5S. The second-order valence-electron chi connectivity index (χ2n) is 4.94. The molecule has 6 nitrogen and oxygen atoms in total. The van der Waals surface area contributed by atoms with E-state index in [1.807, 2.05) is 13.0 Å². The minimum absolute atomic E-state index is 0.126. The lowest BCUT2D eigenvalue weighted by molar-refractivity contribution is -0.384. The van der Waals surface area contributed by atoms with E-state index in [4.69, 9.17) is 4.18 Å². The van der Waals surface area contributed by atoms with Crippen molar-refractivity contribution in [2.45, 2.75) is 25.7 Å². The van der Waals surface area contributed by atoms with Crippen molar-refractivity contribution >= 4 is 15.8 Å². The highest BCUT2D eigenvalue weighted by Gasteiger charge is 2.20. The lowest BCUT2D eigenvalue weighted by Crippen LogP contribution is -2.11. The molecule has 2 aromatic carbocycles. The lowest BCUT2D eigenvalue weighted by atomic mass is 10.1. The molecule has 0 fully saturated rings. The van der Waals surface area contributed by atoms with Crippen LogP contribution < -0.4 is 4.18 Å². The van der Waals surface area contributed by atoms with Gasteiger partial charge in [0, 0.05) is 12.1 Å². The fraction of sp³-hybridized carbons (Fsp3) is 0.200. The summed E-state index contributed by atoms with van der Waals surface area (Å²) in [6.07, 6.45) is 0. The van der Waals surface area contributed by atoms with Gasteiger partial charge in [0.2, 0.25) is 0 Å². The van der Waals surface area contributed by atoms with E-state index in [1.54, 1.807) is 19.9 Å². The van der Waals surface area contributed by atoms with Crippen LogP contribution in [-0.4, -0.2) is 13.3 Å². The van der Waals surface area contributed by atoms with E-state index in [9.17, 15) is 18.5 Å². The molecule has 2 rings (SSSR count). The molecule has 0 aliphatic heterocycles. The van der Waals surface area contributed by atoms with E-state index in [0.717, 1.165) is 35.4 Å². The third kappa shape index (κ3) is 3.09. The Bertz CT molecular complexity index is 826. The van der Waals surface area contributed by atoms with Crippen LogP contribution in [0, 0.1) is 30.9 Å². The van der Waals surface area contributed by atoms with Gasteiger partial charge in [-0.3, -0.25) is 10.1 Å². The van der Waals surface area contributed by atoms with Crippen LogP contribution in [-0.2, 0) is 10.1 Å². The minimum Gasteiger partial charge on any atom is -0.378 e. The van der Waals surface area contributed by atoms with Gasteiger partial charge in [0.05, 0.1) is 4.92 Å². The van der Waals surface area contributed by atoms with Crippen LogP contribution in [0.2, 0.25) is 0 Å². The number of rotatable bonds is 4. The zero-order valence-corrected chi connectivity index (χ0v) is 13.2. The molecule has 0 bridgehead atoms. The average Bonchev–Trinajstić information content (AvgIpc) is 2.48. The second-order valence-corrected chi connectivity index (χ2v) is 6.49. The maximum Gasteiger partial charge on any atom is 0.339 e. The maximum atomic E-state index is 12.3. The van der Waals surface area contributed by atoms with Crippen molar-refractivity contribution in [1.82, 2.24) is 0 Å². The monoisotopic (exact) mass is 321 g/mol. The topological polar surface area (TPSA) is 86.5 Å². The third-order valence-corrected chi connectivity index (χ3v) is 4.64. The predicted molar refractivity (Wildman–Crippen MR) is 81.6 cm³/mol. The van der Waals surface area contributed by atoms with Gasteiger partial charge in [-0.2, -0.15) is 8.42 Å². The van der Waals surface area contributed by atoms with Crippen LogP contribution in [0.15, 0.2) is 41.3 Å². The molecule has 0 aliphatic rings. The summed E-state index contributed by atoms with van der Waals surface area (Å²) in [4.78, 5) is 9.89. The molecule has 2 aromatic rings. The molecule has 0 heterocycles. The molecular weight excluding hydrogens is 306 g/mol. The van der Waals surface area contributed by atoms with Crippen LogP contribution >= 0.6 is 0 Å². The van der Waals surface area contributed by atoms with Gasteiger partial charge < -0.3 is 4.18 Å². The number of aryl methyl sites for hydroxylation is 2. The quantitative estimate of drug-likeness (QED) is 0.490. The zero-order chi connectivity index (χ0) is 16.5. The number of benzene rings is 2. The van der Waals surface area contributed by atoms with Crippen molar-refractivity contribution in [1.29, 1.82) is 0 Å². The first-order chi connectivity index (χ1) is 10.2. The number of non-ortho nitro benzene ring substituents is 1. The van der Waals surface area contributed by atoms with E-state index in [0.29, 0.717) is 11.3 Å². The summed E-state index contributed by atoms with van der Waals surface area (Å²) in [7, 11) is -4.04. The SMILES string of the molecule is Cc1ccc(C)c(OS(=O)(=O)c2ccc([N+](=O)[O-])cc2)c1C. The van der Waals surface area contributed by atoms with Crippen molar-refractivity contribution in [3.63, 3.8) is 0 Å². The second kappa shape index (κ2) is 5.76. The predicted octanol–water partition coefficient (Wildman–Crippen LogP) is 3.29. The van der Waals surface area contributed by atoms with E-state index < -0.39 is 15.0 Å². The molecule has 116 valence electrons. The van der Waals surface area contributed by atoms with E-state index in [2.05, 4.69) is 0 Å². The van der Waals surface area contributed by atoms with E-state index in [-0.39, 0.29) is 10.6 Å². The molecule has 0 atom stereocenters. The fourth-order valence-electron chi connectivity index (χ4n) is 1.95. The standard InChI is InChI=1S/C15H15NO5S/c1-10-4-5-11(2)15(12(10)3)21-22(19,20)14-8-6-13(7-9-14)16(17)18/h4-9H,1-3H3. The van der Waals surface area contributed by atoms with Gasteiger partial charge in [-0.05, 0) is 49.6 Å². The van der Waals surface area contributed by atoms with Gasteiger partial charge in [-0.1, -0.05) is 12.1 Å².